The number of hydrogen-bond donors (Lipinski definition) is 5. The second kappa shape index (κ2) is 11.5. The van der Waals surface area contributed by atoms with E-state index in [4.69, 9.17) is 26.8 Å². The first-order chi connectivity index (χ1) is 19.1. The Bertz CT molecular complexity index is 1390. The Morgan fingerprint density at radius 3 is 2.70 bits per heavy atom. The SMILES string of the molecule is CC1CN(C(=O)COc2ccc(Cl)cc2CNc2ncnc3c2ncn3[C@@H]2O[C@H](C(=O)O)[C@@H](N)[C@H]2O)CC(C)N1. The van der Waals surface area contributed by atoms with E-state index in [1.165, 1.54) is 17.2 Å². The Labute approximate surface area is 234 Å². The van der Waals surface area contributed by atoms with Crippen LogP contribution in [0, 0.1) is 0 Å². The Morgan fingerprint density at radius 2 is 2.00 bits per heavy atom. The molecule has 2 aromatic heterocycles. The van der Waals surface area contributed by atoms with Crippen LogP contribution in [0.4, 0.5) is 5.82 Å². The molecule has 1 aromatic carbocycles. The van der Waals surface area contributed by atoms with E-state index in [-0.39, 0.29) is 31.1 Å². The zero-order valence-corrected chi connectivity index (χ0v) is 22.7. The molecule has 0 saturated carbocycles. The number of anilines is 1. The van der Waals surface area contributed by atoms with Crippen molar-refractivity contribution in [2.75, 3.05) is 25.0 Å². The van der Waals surface area contributed by atoms with Crippen molar-refractivity contribution in [2.45, 2.75) is 57.0 Å². The fraction of sp³-hybridized carbons (Fsp3) is 0.480. The lowest BCUT2D eigenvalue weighted by molar-refractivity contribution is -0.152. The maximum Gasteiger partial charge on any atom is 0.334 e. The lowest BCUT2D eigenvalue weighted by atomic mass is 10.1. The first-order valence-corrected chi connectivity index (χ1v) is 13.2. The van der Waals surface area contributed by atoms with Crippen LogP contribution in [-0.2, 0) is 20.9 Å². The smallest absolute Gasteiger partial charge is 0.334 e. The highest BCUT2D eigenvalue weighted by Gasteiger charge is 2.46. The quantitative estimate of drug-likeness (QED) is 0.248. The highest BCUT2D eigenvalue weighted by Crippen LogP contribution is 2.32. The molecule has 6 N–H and O–H groups in total. The van der Waals surface area contributed by atoms with Gasteiger partial charge in [-0.15, -0.1) is 0 Å². The molecule has 2 fully saturated rings. The number of benzene rings is 1. The molecule has 0 bridgehead atoms. The third kappa shape index (κ3) is 5.67. The van der Waals surface area contributed by atoms with Crippen molar-refractivity contribution in [1.29, 1.82) is 0 Å². The topological polar surface area (TPSA) is 190 Å². The van der Waals surface area contributed by atoms with Gasteiger partial charge in [-0.2, -0.15) is 0 Å². The van der Waals surface area contributed by atoms with E-state index in [1.807, 2.05) is 13.8 Å². The molecule has 15 heteroatoms. The molecule has 2 aliphatic rings. The first-order valence-electron chi connectivity index (χ1n) is 12.8. The summed E-state index contributed by atoms with van der Waals surface area (Å²) in [7, 11) is 0. The number of carbonyl (C=O) groups excluding carboxylic acids is 1. The molecule has 6 atom stereocenters. The molecule has 0 radical (unpaired) electrons. The maximum absolute atomic E-state index is 12.8. The van der Waals surface area contributed by atoms with Crippen LogP contribution in [0.1, 0.15) is 25.6 Å². The number of carboxylic acids is 1. The summed E-state index contributed by atoms with van der Waals surface area (Å²) in [5, 5.41) is 26.9. The number of halogens is 1. The largest absolute Gasteiger partial charge is 0.483 e. The second-order valence-electron chi connectivity index (χ2n) is 10.1. The van der Waals surface area contributed by atoms with Gasteiger partial charge in [0.05, 0.1) is 12.4 Å². The van der Waals surface area contributed by atoms with Gasteiger partial charge in [-0.3, -0.25) is 9.36 Å². The van der Waals surface area contributed by atoms with Gasteiger partial charge in [0.2, 0.25) is 0 Å². The van der Waals surface area contributed by atoms with Gasteiger partial charge in [0, 0.05) is 42.3 Å². The van der Waals surface area contributed by atoms with E-state index < -0.39 is 30.4 Å². The minimum Gasteiger partial charge on any atom is -0.483 e. The molecule has 2 saturated heterocycles. The summed E-state index contributed by atoms with van der Waals surface area (Å²) in [5.41, 5.74) is 7.22. The van der Waals surface area contributed by atoms with Gasteiger partial charge in [0.1, 0.15) is 18.2 Å². The van der Waals surface area contributed by atoms with E-state index >= 15 is 0 Å². The number of aliphatic hydroxyl groups is 1. The van der Waals surface area contributed by atoms with Gasteiger partial charge in [-0.25, -0.2) is 19.7 Å². The highest BCUT2D eigenvalue weighted by molar-refractivity contribution is 6.30. The van der Waals surface area contributed by atoms with Gasteiger partial charge in [-0.1, -0.05) is 11.6 Å². The van der Waals surface area contributed by atoms with Crippen LogP contribution in [-0.4, -0.2) is 96.5 Å². The van der Waals surface area contributed by atoms with Crippen LogP contribution >= 0.6 is 11.6 Å². The fourth-order valence-corrected chi connectivity index (χ4v) is 5.27. The molecular formula is C25H31ClN8O6. The number of nitrogens with one attached hydrogen (secondary N) is 2. The number of nitrogens with zero attached hydrogens (tertiary/aromatic N) is 5. The van der Waals surface area contributed by atoms with Crippen molar-refractivity contribution >= 4 is 40.5 Å². The number of rotatable bonds is 8. The van der Waals surface area contributed by atoms with Crippen LogP contribution in [0.5, 0.6) is 5.75 Å². The third-order valence-electron chi connectivity index (χ3n) is 6.93. The van der Waals surface area contributed by atoms with Crippen LogP contribution in [0.25, 0.3) is 11.2 Å². The number of ether oxygens (including phenoxy) is 2. The molecule has 5 rings (SSSR count). The molecule has 2 aliphatic heterocycles. The molecular weight excluding hydrogens is 544 g/mol. The molecule has 1 amide bonds. The van der Waals surface area contributed by atoms with Gasteiger partial charge >= 0.3 is 5.97 Å². The lowest BCUT2D eigenvalue weighted by Gasteiger charge is -2.36. The summed E-state index contributed by atoms with van der Waals surface area (Å²) in [4.78, 5) is 38.9. The van der Waals surface area contributed by atoms with Crippen LogP contribution in [0.2, 0.25) is 5.02 Å². The minimum atomic E-state index is -1.37. The average Bonchev–Trinajstić information content (AvgIpc) is 3.47. The molecule has 14 nitrogen and oxygen atoms in total. The number of piperazine rings is 1. The zero-order chi connectivity index (χ0) is 28.6. The molecule has 2 unspecified atom stereocenters. The number of carbonyl (C=O) groups is 2. The van der Waals surface area contributed by atoms with Gasteiger partial charge in [-0.05, 0) is 32.0 Å². The Kier molecular flexibility index (Phi) is 8.05. The minimum absolute atomic E-state index is 0.0988. The molecule has 0 aliphatic carbocycles. The van der Waals surface area contributed by atoms with E-state index in [9.17, 15) is 19.8 Å². The molecule has 214 valence electrons. The lowest BCUT2D eigenvalue weighted by Crippen LogP contribution is -2.56. The Morgan fingerprint density at radius 1 is 1.25 bits per heavy atom. The molecule has 3 aromatic rings. The number of aliphatic hydroxyl groups excluding tert-OH is 1. The fourth-order valence-electron chi connectivity index (χ4n) is 5.08. The highest BCUT2D eigenvalue weighted by atomic mass is 35.5. The summed E-state index contributed by atoms with van der Waals surface area (Å²) in [5.74, 6) is -0.498. The van der Waals surface area contributed by atoms with Gasteiger partial charge in [0.25, 0.3) is 5.91 Å². The van der Waals surface area contributed by atoms with Crippen molar-refractivity contribution in [2.24, 2.45) is 5.73 Å². The van der Waals surface area contributed by atoms with Crippen LogP contribution in [0.15, 0.2) is 30.9 Å². The standard InChI is InChI=1S/C25H31ClN8O6/c1-12-7-33(8-13(2)32-12)17(35)9-39-16-4-3-15(26)5-14(16)6-28-22-19-23(30-10-29-22)34(11-31-19)24-20(36)18(27)21(40-24)25(37)38/h3-5,10-13,18,20-21,24,32,36H,6-9,27H2,1-2H3,(H,37,38)(H,28,29,30)/t12?,13?,18-,20+,21-,24+/m0/s1. The number of carboxylic acid groups (broad SMARTS) is 1. The summed E-state index contributed by atoms with van der Waals surface area (Å²) >= 11 is 6.25. The van der Waals surface area contributed by atoms with E-state index in [0.29, 0.717) is 46.4 Å². The normalized spacial score (nSPS) is 26.7. The number of amides is 1. The van der Waals surface area contributed by atoms with Gasteiger partial charge in [0.15, 0.2) is 35.9 Å². The van der Waals surface area contributed by atoms with Crippen molar-refractivity contribution in [1.82, 2.24) is 29.7 Å². The van der Waals surface area contributed by atoms with Crippen LogP contribution < -0.4 is 21.1 Å². The number of aromatic nitrogens is 4. The van der Waals surface area contributed by atoms with Crippen molar-refractivity contribution in [3.63, 3.8) is 0 Å². The van der Waals surface area contributed by atoms with Crippen molar-refractivity contribution < 1.29 is 29.3 Å². The van der Waals surface area contributed by atoms with E-state index in [2.05, 4.69) is 25.6 Å². The van der Waals surface area contributed by atoms with Crippen molar-refractivity contribution in [3.05, 3.63) is 41.4 Å². The van der Waals surface area contributed by atoms with E-state index in [1.54, 1.807) is 23.1 Å². The number of nitrogens with two attached hydrogens (primary N) is 1. The predicted molar refractivity (Wildman–Crippen MR) is 144 cm³/mol. The Hall–Kier alpha value is -3.56. The summed E-state index contributed by atoms with van der Waals surface area (Å²) in [6, 6.07) is 4.42. The number of aliphatic carboxylic acids is 1. The summed E-state index contributed by atoms with van der Waals surface area (Å²) < 4.78 is 12.8. The molecule has 0 spiro atoms. The predicted octanol–water partition coefficient (Wildman–Crippen LogP) is 0.350. The average molecular weight is 575 g/mol. The Balaban J connectivity index is 1.30. The third-order valence-corrected chi connectivity index (χ3v) is 7.16. The molecule has 40 heavy (non-hydrogen) atoms. The number of imidazole rings is 1. The van der Waals surface area contributed by atoms with Crippen molar-refractivity contribution in [3.8, 4) is 5.75 Å². The van der Waals surface area contributed by atoms with Crippen LogP contribution in [0.3, 0.4) is 0 Å². The number of hydrogen-bond acceptors (Lipinski definition) is 11. The first kappa shape index (κ1) is 28.0. The van der Waals surface area contributed by atoms with E-state index in [0.717, 1.165) is 0 Å². The monoisotopic (exact) mass is 574 g/mol. The maximum atomic E-state index is 12.8. The zero-order valence-electron chi connectivity index (χ0n) is 21.9. The second-order valence-corrected chi connectivity index (χ2v) is 10.5. The van der Waals surface area contributed by atoms with Gasteiger partial charge < -0.3 is 41.0 Å². The summed E-state index contributed by atoms with van der Waals surface area (Å²) in [6.45, 7) is 5.43. The number of fused-ring (bicyclic) bond motifs is 1. The molecule has 4 heterocycles. The summed E-state index contributed by atoms with van der Waals surface area (Å²) in [6.07, 6.45) is -1.06.